The summed E-state index contributed by atoms with van der Waals surface area (Å²) in [7, 11) is 0. The summed E-state index contributed by atoms with van der Waals surface area (Å²) < 4.78 is 2.48. The van der Waals surface area contributed by atoms with E-state index in [4.69, 9.17) is 0 Å². The lowest BCUT2D eigenvalue weighted by Crippen LogP contribution is -1.94. The molecule has 9 aromatic rings. The van der Waals surface area contributed by atoms with Crippen molar-refractivity contribution in [1.29, 1.82) is 0 Å². The molecular formula is C44H25N. The lowest BCUT2D eigenvalue weighted by Gasteiger charge is -2.12. The molecule has 1 heterocycles. The minimum atomic E-state index is 1.18. The minimum absolute atomic E-state index is 1.18. The maximum atomic E-state index is 2.48. The van der Waals surface area contributed by atoms with E-state index < -0.39 is 0 Å². The first-order chi connectivity index (χ1) is 22.3. The van der Waals surface area contributed by atoms with Gasteiger partial charge >= 0.3 is 0 Å². The molecule has 1 heteroatoms. The molecule has 2 aliphatic rings. The smallest absolute Gasteiger partial charge is 0.0553 e. The average Bonchev–Trinajstić information content (AvgIpc) is 3.73. The highest BCUT2D eigenvalue weighted by Crippen LogP contribution is 2.52. The van der Waals surface area contributed by atoms with Crippen LogP contribution in [0.1, 0.15) is 0 Å². The zero-order valence-electron chi connectivity index (χ0n) is 24.4. The number of para-hydroxylation sites is 1. The summed E-state index contributed by atoms with van der Waals surface area (Å²) in [5, 5.41) is 7.98. The third-order valence-electron chi connectivity index (χ3n) is 10.3. The Hall–Kier alpha value is -5.92. The highest BCUT2D eigenvalue weighted by Gasteiger charge is 2.26. The molecule has 0 atom stereocenters. The first-order valence-corrected chi connectivity index (χ1v) is 15.7. The maximum absolute atomic E-state index is 2.48. The first kappa shape index (κ1) is 23.5. The predicted molar refractivity (Wildman–Crippen MR) is 190 cm³/mol. The van der Waals surface area contributed by atoms with Gasteiger partial charge in [-0.1, -0.05) is 127 Å². The molecule has 0 bridgehead atoms. The molecule has 206 valence electrons. The van der Waals surface area contributed by atoms with Gasteiger partial charge in [-0.3, -0.25) is 0 Å². The van der Waals surface area contributed by atoms with Crippen molar-refractivity contribution in [1.82, 2.24) is 4.57 Å². The lowest BCUT2D eigenvalue weighted by molar-refractivity contribution is 1.18. The van der Waals surface area contributed by atoms with Crippen molar-refractivity contribution < 1.29 is 0 Å². The molecule has 0 saturated heterocycles. The van der Waals surface area contributed by atoms with Gasteiger partial charge in [-0.05, 0) is 101 Å². The van der Waals surface area contributed by atoms with E-state index in [2.05, 4.69) is 156 Å². The summed E-state index contributed by atoms with van der Waals surface area (Å²) >= 11 is 0. The molecule has 8 aromatic carbocycles. The van der Waals surface area contributed by atoms with Crippen molar-refractivity contribution in [3.63, 3.8) is 0 Å². The van der Waals surface area contributed by atoms with Gasteiger partial charge in [-0.2, -0.15) is 0 Å². The highest BCUT2D eigenvalue weighted by atomic mass is 15.0. The van der Waals surface area contributed by atoms with Crippen LogP contribution in [0, 0.1) is 0 Å². The van der Waals surface area contributed by atoms with Crippen LogP contribution in [0.2, 0.25) is 0 Å². The van der Waals surface area contributed by atoms with Crippen molar-refractivity contribution in [2.45, 2.75) is 0 Å². The number of hydrogen-bond donors (Lipinski definition) is 0. The summed E-state index contributed by atoms with van der Waals surface area (Å²) in [6.07, 6.45) is 0. The minimum Gasteiger partial charge on any atom is -0.309 e. The van der Waals surface area contributed by atoms with Crippen LogP contribution in [0.25, 0.3) is 105 Å². The average molecular weight is 568 g/mol. The zero-order valence-corrected chi connectivity index (χ0v) is 24.4. The third kappa shape index (κ3) is 2.93. The van der Waals surface area contributed by atoms with Crippen molar-refractivity contribution in [3.05, 3.63) is 152 Å². The van der Waals surface area contributed by atoms with Crippen LogP contribution in [-0.4, -0.2) is 4.57 Å². The Bertz CT molecular complexity index is 2710. The normalized spacial score (nSPS) is 12.4. The van der Waals surface area contributed by atoms with E-state index in [0.29, 0.717) is 0 Å². The summed E-state index contributed by atoms with van der Waals surface area (Å²) in [5.74, 6) is 0. The zero-order chi connectivity index (χ0) is 29.2. The van der Waals surface area contributed by atoms with Gasteiger partial charge in [0.15, 0.2) is 0 Å². The van der Waals surface area contributed by atoms with Crippen molar-refractivity contribution in [2.24, 2.45) is 0 Å². The molecule has 0 aliphatic heterocycles. The quantitative estimate of drug-likeness (QED) is 0.196. The van der Waals surface area contributed by atoms with Crippen molar-refractivity contribution in [2.75, 3.05) is 0 Å². The molecule has 1 nitrogen and oxygen atoms in total. The number of nitrogens with zero attached hydrogens (tertiary/aromatic N) is 1. The van der Waals surface area contributed by atoms with Gasteiger partial charge in [-0.25, -0.2) is 0 Å². The summed E-state index contributed by atoms with van der Waals surface area (Å²) in [6.45, 7) is 0. The second kappa shape index (κ2) is 8.37. The van der Waals surface area contributed by atoms with E-state index in [0.717, 1.165) is 0 Å². The lowest BCUT2D eigenvalue weighted by atomic mass is 9.93. The van der Waals surface area contributed by atoms with Gasteiger partial charge in [0, 0.05) is 16.5 Å². The molecule has 0 unspecified atom stereocenters. The van der Waals surface area contributed by atoms with E-state index >= 15 is 0 Å². The summed E-state index contributed by atoms with van der Waals surface area (Å²) in [4.78, 5) is 0. The standard InChI is InChI=1S/C44H25N/c1-2-10-27(11-3-1)45-40-24-26(28-22-23-36-30-13-5-4-12-29(30)34-17-8-16-33(28)42(34)36)20-21-37(40)44-38-19-9-18-35-31-14-6-7-15-32(31)39(43(35)38)25-41(44)45/h1-25H. The molecule has 45 heavy (non-hydrogen) atoms. The third-order valence-corrected chi connectivity index (χ3v) is 10.3. The molecule has 0 fully saturated rings. The van der Waals surface area contributed by atoms with Crippen molar-refractivity contribution >= 4 is 43.4 Å². The number of aromatic nitrogens is 1. The SMILES string of the molecule is c1ccc(-n2c3cc(-c4ccc5c6c(cccc46)-c4ccccc4-5)ccc3c3c4cccc5c4c(cc32)-c2ccccc2-5)cc1. The Morgan fingerprint density at radius 2 is 0.844 bits per heavy atom. The van der Waals surface area contributed by atoms with Crippen LogP contribution in [0.4, 0.5) is 0 Å². The topological polar surface area (TPSA) is 4.93 Å². The van der Waals surface area contributed by atoms with Crippen LogP contribution in [0.15, 0.2) is 152 Å². The number of hydrogen-bond acceptors (Lipinski definition) is 0. The van der Waals surface area contributed by atoms with Crippen molar-refractivity contribution in [3.8, 4) is 61.3 Å². The van der Waals surface area contributed by atoms with Gasteiger partial charge in [0.1, 0.15) is 0 Å². The maximum Gasteiger partial charge on any atom is 0.0553 e. The van der Waals surface area contributed by atoms with Crippen LogP contribution in [-0.2, 0) is 0 Å². The second-order valence-electron chi connectivity index (χ2n) is 12.4. The van der Waals surface area contributed by atoms with Crippen LogP contribution in [0.3, 0.4) is 0 Å². The van der Waals surface area contributed by atoms with Crippen LogP contribution < -0.4 is 0 Å². The largest absolute Gasteiger partial charge is 0.309 e. The summed E-state index contributed by atoms with van der Waals surface area (Å²) in [6, 6.07) is 56.4. The van der Waals surface area contributed by atoms with E-state index in [9.17, 15) is 0 Å². The monoisotopic (exact) mass is 567 g/mol. The van der Waals surface area contributed by atoms with E-state index in [1.165, 1.54) is 105 Å². The van der Waals surface area contributed by atoms with Gasteiger partial charge in [0.25, 0.3) is 0 Å². The number of fused-ring (bicyclic) bond motifs is 10. The molecule has 1 aromatic heterocycles. The summed E-state index contributed by atoms with van der Waals surface area (Å²) in [5.41, 5.74) is 16.8. The molecule has 0 amide bonds. The Balaban J connectivity index is 1.25. The highest BCUT2D eigenvalue weighted by molar-refractivity contribution is 6.29. The van der Waals surface area contributed by atoms with Gasteiger partial charge in [0.2, 0.25) is 0 Å². The van der Waals surface area contributed by atoms with Gasteiger partial charge in [-0.15, -0.1) is 0 Å². The van der Waals surface area contributed by atoms with Gasteiger partial charge in [0.05, 0.1) is 11.0 Å². The Morgan fingerprint density at radius 3 is 1.56 bits per heavy atom. The molecule has 2 aliphatic carbocycles. The second-order valence-corrected chi connectivity index (χ2v) is 12.4. The van der Waals surface area contributed by atoms with E-state index in [1.807, 2.05) is 0 Å². The van der Waals surface area contributed by atoms with E-state index in [-0.39, 0.29) is 0 Å². The Morgan fingerprint density at radius 1 is 0.289 bits per heavy atom. The fourth-order valence-electron chi connectivity index (χ4n) is 8.46. The van der Waals surface area contributed by atoms with E-state index in [1.54, 1.807) is 0 Å². The number of rotatable bonds is 2. The molecule has 0 saturated carbocycles. The van der Waals surface area contributed by atoms with Crippen LogP contribution >= 0.6 is 0 Å². The Kier molecular flexibility index (Phi) is 4.38. The predicted octanol–water partition coefficient (Wildman–Crippen LogP) is 12.1. The first-order valence-electron chi connectivity index (χ1n) is 15.7. The number of benzene rings is 8. The molecule has 0 radical (unpaired) electrons. The molecular weight excluding hydrogens is 542 g/mol. The molecule has 0 spiro atoms. The molecule has 11 rings (SSSR count). The van der Waals surface area contributed by atoms with Crippen LogP contribution in [0.5, 0.6) is 0 Å². The van der Waals surface area contributed by atoms with Gasteiger partial charge < -0.3 is 4.57 Å². The Labute approximate surface area is 260 Å². The fourth-order valence-corrected chi connectivity index (χ4v) is 8.46. The fraction of sp³-hybridized carbons (Fsp3) is 0. The molecule has 0 N–H and O–H groups in total.